The van der Waals surface area contributed by atoms with Crippen molar-refractivity contribution in [2.45, 2.75) is 39.2 Å². The Hall–Kier alpha value is -1.98. The Labute approximate surface area is 111 Å². The standard InChI is InChI=1S/C13H17N3O3/c1-7-4-5-13(8(2)17)10(6-7)11(19)15-12(16-13)14-9(3)18/h4,10H,5-6H2,1-3H3,(H2,14,15,16,18,19)/t10-,13+/m1/s1. The summed E-state index contributed by atoms with van der Waals surface area (Å²) in [7, 11) is 0. The van der Waals surface area contributed by atoms with E-state index in [0.717, 1.165) is 5.57 Å². The number of carbonyl (C=O) groups excluding carboxylic acids is 3. The van der Waals surface area contributed by atoms with E-state index in [2.05, 4.69) is 15.6 Å². The molecule has 0 aromatic carbocycles. The van der Waals surface area contributed by atoms with Gasteiger partial charge in [-0.1, -0.05) is 11.6 Å². The minimum absolute atomic E-state index is 0.0666. The average Bonchev–Trinajstić information content (AvgIpc) is 2.29. The van der Waals surface area contributed by atoms with Crippen molar-refractivity contribution >= 4 is 23.6 Å². The van der Waals surface area contributed by atoms with Crippen LogP contribution in [0, 0.1) is 5.92 Å². The molecule has 0 spiro atoms. The van der Waals surface area contributed by atoms with Crippen LogP contribution in [-0.2, 0) is 14.4 Å². The fourth-order valence-electron chi connectivity index (χ4n) is 2.60. The molecule has 2 atom stereocenters. The normalized spacial score (nSPS) is 29.6. The summed E-state index contributed by atoms with van der Waals surface area (Å²) in [6.07, 6.45) is 2.85. The highest BCUT2D eigenvalue weighted by atomic mass is 16.2. The molecule has 0 unspecified atom stereocenters. The van der Waals surface area contributed by atoms with Crippen molar-refractivity contribution in [3.05, 3.63) is 11.6 Å². The van der Waals surface area contributed by atoms with Gasteiger partial charge in [-0.05, 0) is 26.7 Å². The Bertz CT molecular complexity index is 521. The van der Waals surface area contributed by atoms with E-state index in [1.807, 2.05) is 13.0 Å². The summed E-state index contributed by atoms with van der Waals surface area (Å²) < 4.78 is 0. The molecule has 2 aliphatic rings. The molecular formula is C13H17N3O3. The zero-order valence-electron chi connectivity index (χ0n) is 11.2. The van der Waals surface area contributed by atoms with Gasteiger partial charge in [0.15, 0.2) is 5.78 Å². The number of carbonyl (C=O) groups is 3. The second-order valence-electron chi connectivity index (χ2n) is 5.12. The molecule has 0 saturated carbocycles. The quantitative estimate of drug-likeness (QED) is 0.667. The predicted octanol–water partition coefficient (Wildman–Crippen LogP) is 0.292. The van der Waals surface area contributed by atoms with E-state index in [9.17, 15) is 14.4 Å². The molecule has 1 aliphatic heterocycles. The summed E-state index contributed by atoms with van der Waals surface area (Å²) in [6.45, 7) is 4.70. The third-order valence-corrected chi connectivity index (χ3v) is 3.64. The predicted molar refractivity (Wildman–Crippen MR) is 69.3 cm³/mol. The number of guanidine groups is 1. The largest absolute Gasteiger partial charge is 0.297 e. The molecule has 0 bridgehead atoms. The Morgan fingerprint density at radius 2 is 2.16 bits per heavy atom. The highest BCUT2D eigenvalue weighted by molar-refractivity contribution is 6.10. The van der Waals surface area contributed by atoms with Crippen LogP contribution in [0.15, 0.2) is 16.6 Å². The van der Waals surface area contributed by atoms with Crippen molar-refractivity contribution in [3.8, 4) is 0 Å². The van der Waals surface area contributed by atoms with E-state index in [-0.39, 0.29) is 23.6 Å². The number of nitrogens with one attached hydrogen (secondary N) is 2. The molecule has 6 nitrogen and oxygen atoms in total. The van der Waals surface area contributed by atoms with Gasteiger partial charge in [0.1, 0.15) is 5.54 Å². The SMILES string of the molecule is CC(=O)NC1=N[C@]2(C(C)=O)CC=C(C)C[C@@H]2C(=O)N1. The number of hydrogen-bond acceptors (Lipinski definition) is 4. The van der Waals surface area contributed by atoms with Gasteiger partial charge < -0.3 is 0 Å². The molecule has 1 heterocycles. The zero-order chi connectivity index (χ0) is 14.2. The van der Waals surface area contributed by atoms with Crippen LogP contribution in [0.3, 0.4) is 0 Å². The van der Waals surface area contributed by atoms with Gasteiger partial charge in [0.2, 0.25) is 17.8 Å². The number of ketones is 1. The molecule has 6 heteroatoms. The van der Waals surface area contributed by atoms with Crippen molar-refractivity contribution in [2.75, 3.05) is 0 Å². The second kappa shape index (κ2) is 4.60. The van der Waals surface area contributed by atoms with Crippen LogP contribution in [0.2, 0.25) is 0 Å². The first-order chi connectivity index (χ1) is 8.85. The molecule has 2 N–H and O–H groups in total. The third-order valence-electron chi connectivity index (χ3n) is 3.64. The zero-order valence-corrected chi connectivity index (χ0v) is 11.2. The fourth-order valence-corrected chi connectivity index (χ4v) is 2.60. The van der Waals surface area contributed by atoms with E-state index in [1.165, 1.54) is 13.8 Å². The van der Waals surface area contributed by atoms with Crippen LogP contribution < -0.4 is 10.6 Å². The number of amides is 2. The van der Waals surface area contributed by atoms with E-state index < -0.39 is 11.5 Å². The monoisotopic (exact) mass is 263 g/mol. The van der Waals surface area contributed by atoms with Crippen LogP contribution in [0.5, 0.6) is 0 Å². The summed E-state index contributed by atoms with van der Waals surface area (Å²) in [4.78, 5) is 39.5. The lowest BCUT2D eigenvalue weighted by Crippen LogP contribution is -2.60. The number of rotatable bonds is 1. The minimum atomic E-state index is -1.07. The maximum atomic E-state index is 12.2. The lowest BCUT2D eigenvalue weighted by Gasteiger charge is -2.40. The summed E-state index contributed by atoms with van der Waals surface area (Å²) in [5.74, 6) is -1.18. The van der Waals surface area contributed by atoms with Gasteiger partial charge in [-0.15, -0.1) is 0 Å². The minimum Gasteiger partial charge on any atom is -0.297 e. The number of aliphatic imine (C=N–C) groups is 1. The summed E-state index contributed by atoms with van der Waals surface area (Å²) in [5, 5.41) is 4.99. The molecule has 1 aliphatic carbocycles. The number of fused-ring (bicyclic) bond motifs is 1. The van der Waals surface area contributed by atoms with Gasteiger partial charge in [-0.25, -0.2) is 4.99 Å². The van der Waals surface area contributed by atoms with Gasteiger partial charge >= 0.3 is 0 Å². The van der Waals surface area contributed by atoms with E-state index in [0.29, 0.717) is 12.8 Å². The molecule has 0 aromatic rings. The lowest BCUT2D eigenvalue weighted by atomic mass is 9.70. The van der Waals surface area contributed by atoms with Crippen LogP contribution >= 0.6 is 0 Å². The topological polar surface area (TPSA) is 87.6 Å². The van der Waals surface area contributed by atoms with E-state index in [1.54, 1.807) is 0 Å². The first-order valence-corrected chi connectivity index (χ1v) is 6.20. The van der Waals surface area contributed by atoms with Crippen molar-refractivity contribution in [2.24, 2.45) is 10.9 Å². The third kappa shape index (κ3) is 2.30. The Kier molecular flexibility index (Phi) is 3.26. The molecule has 0 saturated heterocycles. The second-order valence-corrected chi connectivity index (χ2v) is 5.12. The summed E-state index contributed by atoms with van der Waals surface area (Å²) >= 11 is 0. The average molecular weight is 263 g/mol. The number of hydrogen-bond donors (Lipinski definition) is 2. The van der Waals surface area contributed by atoms with Gasteiger partial charge in [0, 0.05) is 6.92 Å². The fraction of sp³-hybridized carbons (Fsp3) is 0.538. The summed E-state index contributed by atoms with van der Waals surface area (Å²) in [5.41, 5.74) is 0.00908. The molecule has 0 aromatic heterocycles. The van der Waals surface area contributed by atoms with Crippen molar-refractivity contribution < 1.29 is 14.4 Å². The molecule has 0 radical (unpaired) electrons. The smallest absolute Gasteiger partial charge is 0.233 e. The highest BCUT2D eigenvalue weighted by Crippen LogP contribution is 2.39. The highest BCUT2D eigenvalue weighted by Gasteiger charge is 2.51. The maximum Gasteiger partial charge on any atom is 0.233 e. The van der Waals surface area contributed by atoms with Gasteiger partial charge in [0.05, 0.1) is 5.92 Å². The van der Waals surface area contributed by atoms with Gasteiger partial charge in [-0.2, -0.15) is 0 Å². The number of Topliss-reactive ketones (excluding diaryl/α,β-unsaturated/α-hetero) is 1. The molecular weight excluding hydrogens is 246 g/mol. The van der Waals surface area contributed by atoms with Gasteiger partial charge in [-0.3, -0.25) is 25.0 Å². The summed E-state index contributed by atoms with van der Waals surface area (Å²) in [6, 6.07) is 0. The Balaban J connectivity index is 2.46. The Morgan fingerprint density at radius 1 is 1.47 bits per heavy atom. The molecule has 2 amide bonds. The molecule has 2 rings (SSSR count). The van der Waals surface area contributed by atoms with Crippen LogP contribution in [-0.4, -0.2) is 29.1 Å². The first kappa shape index (κ1) is 13.5. The number of nitrogens with zero attached hydrogens (tertiary/aromatic N) is 1. The van der Waals surface area contributed by atoms with Crippen LogP contribution in [0.25, 0.3) is 0 Å². The van der Waals surface area contributed by atoms with Crippen molar-refractivity contribution in [3.63, 3.8) is 0 Å². The molecule has 102 valence electrons. The van der Waals surface area contributed by atoms with Gasteiger partial charge in [0.25, 0.3) is 0 Å². The molecule has 0 fully saturated rings. The Morgan fingerprint density at radius 3 is 2.74 bits per heavy atom. The number of allylic oxidation sites excluding steroid dienone is 1. The van der Waals surface area contributed by atoms with Crippen LogP contribution in [0.1, 0.15) is 33.6 Å². The molecule has 19 heavy (non-hydrogen) atoms. The lowest BCUT2D eigenvalue weighted by molar-refractivity contribution is -0.134. The van der Waals surface area contributed by atoms with E-state index >= 15 is 0 Å². The van der Waals surface area contributed by atoms with Crippen LogP contribution in [0.4, 0.5) is 0 Å². The maximum absolute atomic E-state index is 12.2. The van der Waals surface area contributed by atoms with Crippen molar-refractivity contribution in [1.29, 1.82) is 0 Å². The van der Waals surface area contributed by atoms with E-state index in [4.69, 9.17) is 0 Å². The van der Waals surface area contributed by atoms with Crippen molar-refractivity contribution in [1.82, 2.24) is 10.6 Å². The first-order valence-electron chi connectivity index (χ1n) is 6.20.